The summed E-state index contributed by atoms with van der Waals surface area (Å²) in [6.07, 6.45) is 7.71. The van der Waals surface area contributed by atoms with Crippen LogP contribution in [-0.2, 0) is 4.79 Å². The molecule has 5 heteroatoms. The number of hydrazone groups is 1. The van der Waals surface area contributed by atoms with E-state index >= 15 is 0 Å². The first kappa shape index (κ1) is 14.9. The van der Waals surface area contributed by atoms with Crippen molar-refractivity contribution in [3.8, 4) is 0 Å². The Morgan fingerprint density at radius 2 is 2.10 bits per heavy atom. The molecule has 0 aliphatic heterocycles. The van der Waals surface area contributed by atoms with Crippen molar-refractivity contribution in [3.63, 3.8) is 0 Å². The van der Waals surface area contributed by atoms with Gasteiger partial charge in [-0.05, 0) is 31.6 Å². The van der Waals surface area contributed by atoms with Gasteiger partial charge >= 0.3 is 5.91 Å². The normalized spacial score (nSPS) is 14.5. The van der Waals surface area contributed by atoms with Gasteiger partial charge < -0.3 is 5.41 Å². The largest absolute Gasteiger partial charge is 0.369 e. The molecule has 1 aliphatic rings. The van der Waals surface area contributed by atoms with Gasteiger partial charge in [0.1, 0.15) is 5.70 Å². The standard InChI is InChI=1S/C16H18N4O/c1-12(17)15(20-19-14-10-6-3-7-11-14)16(21)18-13-8-4-2-5-9-13/h2-4,6-8,10-11,17,19H,5,9H2,1H3,(H,18,21)/p+1. The first-order chi connectivity index (χ1) is 10.2. The Kier molecular flexibility index (Phi) is 5.17. The number of primary amides is 1. The van der Waals surface area contributed by atoms with Crippen LogP contribution in [0.1, 0.15) is 19.8 Å². The summed E-state index contributed by atoms with van der Waals surface area (Å²) in [7, 11) is 0. The van der Waals surface area contributed by atoms with E-state index < -0.39 is 0 Å². The number of nitrogens with zero attached hydrogens (tertiary/aromatic N) is 1. The second-order valence-electron chi connectivity index (χ2n) is 4.78. The quantitative estimate of drug-likeness (QED) is 0.569. The number of rotatable bonds is 5. The summed E-state index contributed by atoms with van der Waals surface area (Å²) in [5, 5.41) is 13.4. The van der Waals surface area contributed by atoms with Gasteiger partial charge in [-0.15, -0.1) is 0 Å². The fourth-order valence-electron chi connectivity index (χ4n) is 1.94. The van der Waals surface area contributed by atoms with E-state index in [2.05, 4.69) is 16.6 Å². The van der Waals surface area contributed by atoms with E-state index in [9.17, 15) is 4.79 Å². The van der Waals surface area contributed by atoms with Crippen molar-refractivity contribution in [3.05, 3.63) is 54.3 Å². The van der Waals surface area contributed by atoms with Gasteiger partial charge in [-0.1, -0.05) is 30.4 Å². The number of nitrogens with two attached hydrogens (primary N) is 1. The van der Waals surface area contributed by atoms with E-state index in [1.165, 1.54) is 0 Å². The number of carbonyl (C=O) groups excluding carboxylic acids is 1. The molecule has 0 unspecified atom stereocenters. The third kappa shape index (κ3) is 4.50. The molecule has 1 aromatic rings. The molecule has 0 bridgehead atoms. The minimum atomic E-state index is -0.243. The van der Waals surface area contributed by atoms with Gasteiger partial charge in [0.25, 0.3) is 0 Å². The van der Waals surface area contributed by atoms with E-state index in [0.717, 1.165) is 24.2 Å². The second kappa shape index (κ2) is 7.31. The molecular weight excluding hydrogens is 264 g/mol. The summed E-state index contributed by atoms with van der Waals surface area (Å²) < 4.78 is 0. The SMILES string of the molecule is CC(=N)C(=NNc1ccccc1)C(=O)[NH2+]C1=CC=CCC1. The van der Waals surface area contributed by atoms with Gasteiger partial charge in [0.15, 0.2) is 0 Å². The molecule has 2 rings (SSSR count). The zero-order valence-electron chi connectivity index (χ0n) is 12.0. The molecule has 0 aromatic heterocycles. The van der Waals surface area contributed by atoms with Gasteiger partial charge in [0, 0.05) is 6.42 Å². The number of para-hydroxylation sites is 1. The fourth-order valence-corrected chi connectivity index (χ4v) is 1.94. The Morgan fingerprint density at radius 3 is 2.71 bits per heavy atom. The van der Waals surface area contributed by atoms with E-state index in [4.69, 9.17) is 5.41 Å². The van der Waals surface area contributed by atoms with Crippen molar-refractivity contribution in [1.82, 2.24) is 0 Å². The lowest BCUT2D eigenvalue weighted by molar-refractivity contribution is -0.513. The van der Waals surface area contributed by atoms with Crippen LogP contribution in [0.25, 0.3) is 0 Å². The molecule has 0 atom stereocenters. The number of allylic oxidation sites excluding steroid dienone is 4. The summed E-state index contributed by atoms with van der Waals surface area (Å²) in [6.45, 7) is 1.56. The number of anilines is 1. The summed E-state index contributed by atoms with van der Waals surface area (Å²) in [5.41, 5.74) is 4.85. The van der Waals surface area contributed by atoms with Crippen LogP contribution in [-0.4, -0.2) is 17.3 Å². The lowest BCUT2D eigenvalue weighted by atomic mass is 10.1. The molecule has 0 saturated heterocycles. The highest BCUT2D eigenvalue weighted by Gasteiger charge is 2.20. The van der Waals surface area contributed by atoms with Crippen molar-refractivity contribution in [2.45, 2.75) is 19.8 Å². The van der Waals surface area contributed by atoms with Gasteiger partial charge in [0.2, 0.25) is 5.71 Å². The fraction of sp³-hybridized carbons (Fsp3) is 0.188. The minimum absolute atomic E-state index is 0.134. The van der Waals surface area contributed by atoms with Crippen LogP contribution < -0.4 is 10.7 Å². The predicted octanol–water partition coefficient (Wildman–Crippen LogP) is 1.82. The highest BCUT2D eigenvalue weighted by atomic mass is 16.2. The van der Waals surface area contributed by atoms with E-state index in [1.807, 2.05) is 42.5 Å². The topological polar surface area (TPSA) is 81.9 Å². The van der Waals surface area contributed by atoms with E-state index in [1.54, 1.807) is 12.2 Å². The van der Waals surface area contributed by atoms with Gasteiger partial charge in [-0.2, -0.15) is 5.10 Å². The number of amides is 1. The van der Waals surface area contributed by atoms with Crippen molar-refractivity contribution < 1.29 is 10.1 Å². The molecule has 0 saturated carbocycles. The highest BCUT2D eigenvalue weighted by molar-refractivity contribution is 6.64. The van der Waals surface area contributed by atoms with Crippen LogP contribution in [0.4, 0.5) is 5.69 Å². The molecular formula is C16H19N4O+. The number of hydrogen-bond donors (Lipinski definition) is 3. The average Bonchev–Trinajstić information content (AvgIpc) is 2.49. The Labute approximate surface area is 124 Å². The molecule has 108 valence electrons. The number of quaternary nitrogens is 1. The molecule has 5 nitrogen and oxygen atoms in total. The molecule has 21 heavy (non-hydrogen) atoms. The van der Waals surface area contributed by atoms with Crippen molar-refractivity contribution in [2.24, 2.45) is 5.10 Å². The Hall–Kier alpha value is -2.53. The maximum absolute atomic E-state index is 12.2. The smallest absolute Gasteiger partial charge is 0.303 e. The Balaban J connectivity index is 2.07. The lowest BCUT2D eigenvalue weighted by Crippen LogP contribution is -2.88. The van der Waals surface area contributed by atoms with Gasteiger partial charge in [-0.3, -0.25) is 5.43 Å². The van der Waals surface area contributed by atoms with Crippen LogP contribution in [0.2, 0.25) is 0 Å². The van der Waals surface area contributed by atoms with Crippen LogP contribution in [0.15, 0.2) is 59.4 Å². The molecule has 0 spiro atoms. The molecule has 0 heterocycles. The summed E-state index contributed by atoms with van der Waals surface area (Å²) in [4.78, 5) is 12.2. The van der Waals surface area contributed by atoms with Crippen molar-refractivity contribution in [1.29, 1.82) is 5.41 Å². The Morgan fingerprint density at radius 1 is 1.33 bits per heavy atom. The van der Waals surface area contributed by atoms with Crippen LogP contribution >= 0.6 is 0 Å². The monoisotopic (exact) mass is 283 g/mol. The summed E-state index contributed by atoms with van der Waals surface area (Å²) in [6, 6.07) is 9.36. The lowest BCUT2D eigenvalue weighted by Gasteiger charge is -2.07. The molecule has 1 amide bonds. The molecule has 0 fully saturated rings. The summed E-state index contributed by atoms with van der Waals surface area (Å²) >= 11 is 0. The number of carbonyl (C=O) groups is 1. The van der Waals surface area contributed by atoms with Crippen LogP contribution in [0, 0.1) is 5.41 Å². The zero-order chi connectivity index (χ0) is 15.1. The average molecular weight is 283 g/mol. The maximum atomic E-state index is 12.2. The Bertz CT molecular complexity index is 614. The highest BCUT2D eigenvalue weighted by Crippen LogP contribution is 2.05. The van der Waals surface area contributed by atoms with Crippen LogP contribution in [0.5, 0.6) is 0 Å². The maximum Gasteiger partial charge on any atom is 0.369 e. The van der Waals surface area contributed by atoms with Crippen molar-refractivity contribution in [2.75, 3.05) is 5.43 Å². The molecule has 4 N–H and O–H groups in total. The zero-order valence-corrected chi connectivity index (χ0v) is 12.0. The first-order valence-electron chi connectivity index (χ1n) is 6.86. The van der Waals surface area contributed by atoms with Crippen LogP contribution in [0.3, 0.4) is 0 Å². The van der Waals surface area contributed by atoms with Gasteiger partial charge in [-0.25, -0.2) is 10.1 Å². The predicted molar refractivity (Wildman–Crippen MR) is 84.3 cm³/mol. The molecule has 1 aromatic carbocycles. The van der Waals surface area contributed by atoms with E-state index in [0.29, 0.717) is 0 Å². The second-order valence-corrected chi connectivity index (χ2v) is 4.78. The number of benzene rings is 1. The van der Waals surface area contributed by atoms with Crippen molar-refractivity contribution >= 4 is 23.0 Å². The minimum Gasteiger partial charge on any atom is -0.303 e. The molecule has 1 aliphatic carbocycles. The third-order valence-corrected chi connectivity index (χ3v) is 3.02. The van der Waals surface area contributed by atoms with E-state index in [-0.39, 0.29) is 17.3 Å². The number of hydrogen-bond acceptors (Lipinski definition) is 4. The molecule has 0 radical (unpaired) electrons. The van der Waals surface area contributed by atoms with Gasteiger partial charge in [0.05, 0.1) is 11.4 Å². The first-order valence-corrected chi connectivity index (χ1v) is 6.86. The number of nitrogens with one attached hydrogen (secondary N) is 2. The third-order valence-electron chi connectivity index (χ3n) is 3.02. The summed E-state index contributed by atoms with van der Waals surface area (Å²) in [5.74, 6) is -0.243.